The number of halogens is 1. The van der Waals surface area contributed by atoms with E-state index in [1.165, 1.54) is 12.0 Å². The molecule has 0 aromatic carbocycles. The molecule has 0 saturated carbocycles. The van der Waals surface area contributed by atoms with Crippen molar-refractivity contribution >= 4 is 29.9 Å². The van der Waals surface area contributed by atoms with Crippen molar-refractivity contribution in [1.29, 1.82) is 0 Å². The van der Waals surface area contributed by atoms with Crippen LogP contribution >= 0.6 is 24.0 Å². The average molecular weight is 477 g/mol. The molecule has 0 spiro atoms. The first-order valence-corrected chi connectivity index (χ1v) is 9.45. The van der Waals surface area contributed by atoms with E-state index in [1.54, 1.807) is 0 Å². The lowest BCUT2D eigenvalue weighted by Gasteiger charge is -2.32. The number of aromatic nitrogens is 1. The minimum absolute atomic E-state index is 0. The van der Waals surface area contributed by atoms with Crippen molar-refractivity contribution in [3.05, 3.63) is 17.0 Å². The van der Waals surface area contributed by atoms with Crippen LogP contribution in [0.3, 0.4) is 0 Å². The van der Waals surface area contributed by atoms with E-state index in [-0.39, 0.29) is 24.0 Å². The number of hydrogen-bond donors (Lipinski definition) is 1. The van der Waals surface area contributed by atoms with Crippen LogP contribution in [0.15, 0.2) is 9.52 Å². The minimum Gasteiger partial charge on any atom is -0.379 e. The molecule has 2 saturated heterocycles. The molecule has 148 valence electrons. The fraction of sp³-hybridized carbons (Fsp3) is 0.778. The number of nitrogens with zero attached hydrogens (tertiary/aromatic N) is 4. The molecule has 1 aromatic rings. The molecule has 3 rings (SSSR count). The summed E-state index contributed by atoms with van der Waals surface area (Å²) >= 11 is 0. The average Bonchev–Trinajstić information content (AvgIpc) is 3.24. The fourth-order valence-electron chi connectivity index (χ4n) is 3.73. The van der Waals surface area contributed by atoms with Crippen LogP contribution in [0.2, 0.25) is 0 Å². The summed E-state index contributed by atoms with van der Waals surface area (Å²) in [6.45, 7) is 13.7. The lowest BCUT2D eigenvalue weighted by atomic mass is 10.1. The molecule has 7 nitrogen and oxygen atoms in total. The van der Waals surface area contributed by atoms with Crippen LogP contribution in [0.25, 0.3) is 0 Å². The molecule has 26 heavy (non-hydrogen) atoms. The van der Waals surface area contributed by atoms with Crippen molar-refractivity contribution in [3.63, 3.8) is 0 Å². The number of ether oxygens (including phenoxy) is 1. The first-order valence-electron chi connectivity index (χ1n) is 9.45. The van der Waals surface area contributed by atoms with Gasteiger partial charge >= 0.3 is 0 Å². The Morgan fingerprint density at radius 1 is 1.27 bits per heavy atom. The molecular formula is C18H32IN5O2. The molecule has 1 N–H and O–H groups in total. The summed E-state index contributed by atoms with van der Waals surface area (Å²) in [5, 5.41) is 7.48. The van der Waals surface area contributed by atoms with E-state index in [2.05, 4.69) is 27.2 Å². The van der Waals surface area contributed by atoms with Crippen LogP contribution in [-0.4, -0.2) is 79.4 Å². The van der Waals surface area contributed by atoms with Crippen molar-refractivity contribution in [3.8, 4) is 0 Å². The summed E-state index contributed by atoms with van der Waals surface area (Å²) in [5.74, 6) is 1.94. The molecule has 1 atom stereocenters. The van der Waals surface area contributed by atoms with Crippen LogP contribution in [0, 0.1) is 13.8 Å². The van der Waals surface area contributed by atoms with Gasteiger partial charge in [0.15, 0.2) is 5.96 Å². The van der Waals surface area contributed by atoms with Crippen LogP contribution in [0.1, 0.15) is 30.4 Å². The lowest BCUT2D eigenvalue weighted by Crippen LogP contribution is -2.46. The molecule has 0 aliphatic carbocycles. The van der Waals surface area contributed by atoms with E-state index < -0.39 is 0 Å². The van der Waals surface area contributed by atoms with Crippen LogP contribution < -0.4 is 5.32 Å². The molecule has 2 aliphatic heterocycles. The van der Waals surface area contributed by atoms with Gasteiger partial charge in [-0.3, -0.25) is 9.89 Å². The minimum atomic E-state index is 0. The Kier molecular flexibility index (Phi) is 8.62. The molecule has 1 aromatic heterocycles. The second-order valence-corrected chi connectivity index (χ2v) is 6.83. The summed E-state index contributed by atoms with van der Waals surface area (Å²) in [7, 11) is 0. The smallest absolute Gasteiger partial charge is 0.193 e. The van der Waals surface area contributed by atoms with Gasteiger partial charge in [-0.2, -0.15) is 0 Å². The molecule has 8 heteroatoms. The van der Waals surface area contributed by atoms with E-state index >= 15 is 0 Å². The number of aryl methyl sites for hydroxylation is 2. The zero-order chi connectivity index (χ0) is 17.6. The number of rotatable bonds is 5. The van der Waals surface area contributed by atoms with Gasteiger partial charge in [-0.25, -0.2) is 0 Å². The first kappa shape index (κ1) is 21.4. The Morgan fingerprint density at radius 3 is 2.69 bits per heavy atom. The number of guanidine groups is 1. The van der Waals surface area contributed by atoms with Gasteiger partial charge in [-0.1, -0.05) is 5.16 Å². The van der Waals surface area contributed by atoms with Crippen molar-refractivity contribution in [2.24, 2.45) is 4.99 Å². The molecule has 2 fully saturated rings. The normalized spacial score (nSPS) is 21.7. The second-order valence-electron chi connectivity index (χ2n) is 6.83. The number of nitrogens with one attached hydrogen (secondary N) is 1. The maximum atomic E-state index is 5.48. The number of morpholine rings is 1. The number of aliphatic imine (C=N–C) groups is 1. The summed E-state index contributed by atoms with van der Waals surface area (Å²) in [6, 6.07) is 0.621. The van der Waals surface area contributed by atoms with Crippen LogP contribution in [0.5, 0.6) is 0 Å². The van der Waals surface area contributed by atoms with Crippen molar-refractivity contribution in [1.82, 2.24) is 20.3 Å². The third-order valence-electron chi connectivity index (χ3n) is 5.16. The van der Waals surface area contributed by atoms with E-state index in [1.807, 2.05) is 13.8 Å². The first-order chi connectivity index (χ1) is 12.2. The molecule has 1 unspecified atom stereocenters. The quantitative estimate of drug-likeness (QED) is 0.397. The Hall–Kier alpha value is -0.870. The van der Waals surface area contributed by atoms with Gasteiger partial charge in [-0.15, -0.1) is 24.0 Å². The van der Waals surface area contributed by atoms with Crippen molar-refractivity contribution in [2.45, 2.75) is 39.7 Å². The zero-order valence-corrected chi connectivity index (χ0v) is 18.5. The van der Waals surface area contributed by atoms with Gasteiger partial charge in [0.05, 0.1) is 18.9 Å². The predicted octanol–water partition coefficient (Wildman–Crippen LogP) is 1.82. The Balaban J connectivity index is 0.00000243. The van der Waals surface area contributed by atoms with Crippen LogP contribution in [-0.2, 0) is 11.2 Å². The maximum absolute atomic E-state index is 5.48. The largest absolute Gasteiger partial charge is 0.379 e. The van der Waals surface area contributed by atoms with Crippen molar-refractivity contribution in [2.75, 3.05) is 52.5 Å². The highest BCUT2D eigenvalue weighted by Gasteiger charge is 2.30. The van der Waals surface area contributed by atoms with E-state index in [0.29, 0.717) is 6.04 Å². The Morgan fingerprint density at radius 2 is 2.04 bits per heavy atom. The molecular weight excluding hydrogens is 445 g/mol. The number of hydrogen-bond acceptors (Lipinski definition) is 5. The summed E-state index contributed by atoms with van der Waals surface area (Å²) in [6.07, 6.45) is 2.07. The predicted molar refractivity (Wildman–Crippen MR) is 113 cm³/mol. The highest BCUT2D eigenvalue weighted by Crippen LogP contribution is 2.17. The van der Waals surface area contributed by atoms with E-state index in [4.69, 9.17) is 14.3 Å². The van der Waals surface area contributed by atoms with E-state index in [0.717, 1.165) is 76.3 Å². The SMILES string of the molecule is CCNC(=NCCc1c(C)noc1C)N1CCC(N2CCOCC2)C1.I. The van der Waals surface area contributed by atoms with Gasteiger partial charge in [0, 0.05) is 50.9 Å². The monoisotopic (exact) mass is 477 g/mol. The lowest BCUT2D eigenvalue weighted by molar-refractivity contribution is 0.0195. The molecule has 2 aliphatic rings. The number of likely N-dealkylation sites (tertiary alicyclic amines) is 1. The highest BCUT2D eigenvalue weighted by atomic mass is 127. The van der Waals surface area contributed by atoms with Gasteiger partial charge in [0.1, 0.15) is 5.76 Å². The summed E-state index contributed by atoms with van der Waals surface area (Å²) in [5.41, 5.74) is 2.17. The topological polar surface area (TPSA) is 66.1 Å². The highest BCUT2D eigenvalue weighted by molar-refractivity contribution is 14.0. The molecule has 0 radical (unpaired) electrons. The third-order valence-corrected chi connectivity index (χ3v) is 5.16. The molecule has 0 bridgehead atoms. The summed E-state index contributed by atoms with van der Waals surface area (Å²) < 4.78 is 10.7. The maximum Gasteiger partial charge on any atom is 0.193 e. The fourth-order valence-corrected chi connectivity index (χ4v) is 3.73. The Bertz CT molecular complexity index is 567. The summed E-state index contributed by atoms with van der Waals surface area (Å²) in [4.78, 5) is 9.82. The van der Waals surface area contributed by atoms with Gasteiger partial charge in [0.25, 0.3) is 0 Å². The van der Waals surface area contributed by atoms with E-state index in [9.17, 15) is 0 Å². The Labute approximate surface area is 173 Å². The molecule has 3 heterocycles. The van der Waals surface area contributed by atoms with Crippen molar-refractivity contribution < 1.29 is 9.26 Å². The van der Waals surface area contributed by atoms with Gasteiger partial charge in [-0.05, 0) is 33.6 Å². The van der Waals surface area contributed by atoms with Gasteiger partial charge < -0.3 is 19.5 Å². The molecule has 0 amide bonds. The van der Waals surface area contributed by atoms with Crippen LogP contribution in [0.4, 0.5) is 0 Å². The van der Waals surface area contributed by atoms with Gasteiger partial charge in [0.2, 0.25) is 0 Å². The second kappa shape index (κ2) is 10.5. The standard InChI is InChI=1S/C18H31N5O2.HI/c1-4-19-18(20-7-5-17-14(2)21-25-15(17)3)23-8-6-16(13-23)22-9-11-24-12-10-22;/h16H,4-13H2,1-3H3,(H,19,20);1H. The third kappa shape index (κ3) is 5.32. The zero-order valence-electron chi connectivity index (χ0n) is 16.2.